The summed E-state index contributed by atoms with van der Waals surface area (Å²) in [6.07, 6.45) is 7.73. The molecule has 100 valence electrons. The van der Waals surface area contributed by atoms with E-state index >= 15 is 0 Å². The molecule has 0 aliphatic heterocycles. The van der Waals surface area contributed by atoms with Crippen molar-refractivity contribution in [2.24, 2.45) is 5.92 Å². The van der Waals surface area contributed by atoms with Gasteiger partial charge in [0.05, 0.1) is 5.69 Å². The van der Waals surface area contributed by atoms with Gasteiger partial charge in [-0.3, -0.25) is 0 Å². The third-order valence-electron chi connectivity index (χ3n) is 1.97. The summed E-state index contributed by atoms with van der Waals surface area (Å²) in [5.74, 6) is 1.67. The van der Waals surface area contributed by atoms with Crippen molar-refractivity contribution in [1.82, 2.24) is 5.16 Å². The molecule has 2 heteroatoms. The molecular formula is C16H25NO. The maximum atomic E-state index is 5.11. The third-order valence-corrected chi connectivity index (χ3v) is 1.97. The average molecular weight is 247 g/mol. The van der Waals surface area contributed by atoms with Crippen molar-refractivity contribution in [1.29, 1.82) is 0 Å². The van der Waals surface area contributed by atoms with Crippen LogP contribution in [-0.4, -0.2) is 5.16 Å². The Kier molecular flexibility index (Phi) is 7.77. The fraction of sp³-hybridized carbons (Fsp3) is 0.438. The zero-order valence-corrected chi connectivity index (χ0v) is 12.4. The molecule has 1 heterocycles. The van der Waals surface area contributed by atoms with Crippen molar-refractivity contribution in [3.8, 4) is 0 Å². The lowest BCUT2D eigenvalue weighted by atomic mass is 10.0. The van der Waals surface area contributed by atoms with Crippen LogP contribution in [0.2, 0.25) is 0 Å². The molecule has 18 heavy (non-hydrogen) atoms. The normalized spacial score (nSPS) is 11.6. The summed E-state index contributed by atoms with van der Waals surface area (Å²) in [7, 11) is 0. The van der Waals surface area contributed by atoms with Crippen molar-refractivity contribution in [2.75, 3.05) is 0 Å². The van der Waals surface area contributed by atoms with Gasteiger partial charge in [-0.15, -0.1) is 0 Å². The van der Waals surface area contributed by atoms with Crippen molar-refractivity contribution >= 4 is 5.57 Å². The van der Waals surface area contributed by atoms with Gasteiger partial charge < -0.3 is 4.52 Å². The van der Waals surface area contributed by atoms with Gasteiger partial charge in [0, 0.05) is 5.56 Å². The van der Waals surface area contributed by atoms with E-state index < -0.39 is 0 Å². The van der Waals surface area contributed by atoms with E-state index in [0.29, 0.717) is 0 Å². The Morgan fingerprint density at radius 3 is 2.17 bits per heavy atom. The molecule has 1 aromatic heterocycles. The van der Waals surface area contributed by atoms with Crippen molar-refractivity contribution < 1.29 is 4.52 Å². The highest BCUT2D eigenvalue weighted by molar-refractivity contribution is 5.77. The van der Waals surface area contributed by atoms with Gasteiger partial charge >= 0.3 is 0 Å². The van der Waals surface area contributed by atoms with E-state index in [0.717, 1.165) is 28.5 Å². The van der Waals surface area contributed by atoms with Gasteiger partial charge in [-0.05, 0) is 32.3 Å². The van der Waals surface area contributed by atoms with Crippen LogP contribution in [0.15, 0.2) is 35.4 Å². The maximum Gasteiger partial charge on any atom is 0.141 e. The van der Waals surface area contributed by atoms with Gasteiger partial charge in [-0.1, -0.05) is 56.8 Å². The maximum absolute atomic E-state index is 5.11. The van der Waals surface area contributed by atoms with Crippen LogP contribution in [0.4, 0.5) is 0 Å². The van der Waals surface area contributed by atoms with Crippen LogP contribution in [0, 0.1) is 19.8 Å². The second-order valence-electron chi connectivity index (χ2n) is 4.79. The zero-order chi connectivity index (χ0) is 14.1. The first-order valence-corrected chi connectivity index (χ1v) is 6.32. The summed E-state index contributed by atoms with van der Waals surface area (Å²) in [5, 5.41) is 3.92. The molecular weight excluding hydrogens is 222 g/mol. The number of aromatic nitrogens is 1. The summed E-state index contributed by atoms with van der Waals surface area (Å²) in [5.41, 5.74) is 3.05. The third kappa shape index (κ3) is 5.67. The predicted octanol–water partition coefficient (Wildman–Crippen LogP) is 5.10. The molecule has 0 unspecified atom stereocenters. The standard InChI is InChI=1S/C12H15NO.C4H10/c1-5-7-11(8-6-2)12-9(3)13-14-10(12)4;1-4(2)3/h5-8H,1H2,2-4H3;4H,1-3H3/b8-6-,11-7+;. The van der Waals surface area contributed by atoms with Crippen LogP contribution in [0.25, 0.3) is 5.57 Å². The van der Waals surface area contributed by atoms with E-state index in [-0.39, 0.29) is 0 Å². The van der Waals surface area contributed by atoms with Crippen molar-refractivity contribution in [3.63, 3.8) is 0 Å². The lowest BCUT2D eigenvalue weighted by Crippen LogP contribution is -1.84. The first-order valence-electron chi connectivity index (χ1n) is 6.32. The minimum Gasteiger partial charge on any atom is -0.361 e. The molecule has 0 amide bonds. The summed E-state index contributed by atoms with van der Waals surface area (Å²) < 4.78 is 5.11. The number of hydrogen-bond donors (Lipinski definition) is 0. The highest BCUT2D eigenvalue weighted by Gasteiger charge is 2.10. The van der Waals surface area contributed by atoms with Crippen LogP contribution in [-0.2, 0) is 0 Å². The van der Waals surface area contributed by atoms with E-state index in [1.807, 2.05) is 39.0 Å². The zero-order valence-electron chi connectivity index (χ0n) is 12.4. The lowest BCUT2D eigenvalue weighted by molar-refractivity contribution is 0.393. The Hall–Kier alpha value is -1.57. The van der Waals surface area contributed by atoms with Gasteiger partial charge in [-0.2, -0.15) is 0 Å². The fourth-order valence-corrected chi connectivity index (χ4v) is 1.42. The first kappa shape index (κ1) is 16.4. The summed E-state index contributed by atoms with van der Waals surface area (Å²) in [6, 6.07) is 0. The van der Waals surface area contributed by atoms with E-state index in [2.05, 4.69) is 32.5 Å². The van der Waals surface area contributed by atoms with Crippen LogP contribution in [0.5, 0.6) is 0 Å². The fourth-order valence-electron chi connectivity index (χ4n) is 1.42. The molecule has 1 aromatic rings. The number of allylic oxidation sites excluding steroid dienone is 5. The number of rotatable bonds is 3. The SMILES string of the molecule is C=C/C=C(\C=C/C)c1c(C)noc1C.CC(C)C. The molecule has 0 atom stereocenters. The van der Waals surface area contributed by atoms with Gasteiger partial charge in [-0.25, -0.2) is 0 Å². The quantitative estimate of drug-likeness (QED) is 0.694. The monoisotopic (exact) mass is 247 g/mol. The minimum atomic E-state index is 0.833. The van der Waals surface area contributed by atoms with Gasteiger partial charge in [0.25, 0.3) is 0 Å². The Morgan fingerprint density at radius 2 is 1.83 bits per heavy atom. The van der Waals surface area contributed by atoms with Gasteiger partial charge in [0.2, 0.25) is 0 Å². The molecule has 0 bridgehead atoms. The van der Waals surface area contributed by atoms with Crippen LogP contribution < -0.4 is 0 Å². The Bertz CT molecular complexity index is 400. The summed E-state index contributed by atoms with van der Waals surface area (Å²) in [6.45, 7) is 16.0. The molecule has 0 saturated carbocycles. The van der Waals surface area contributed by atoms with E-state index in [4.69, 9.17) is 4.52 Å². The molecule has 1 rings (SSSR count). The Labute approximate surface area is 111 Å². The second kappa shape index (κ2) is 8.51. The molecule has 0 saturated heterocycles. The lowest BCUT2D eigenvalue weighted by Gasteiger charge is -1.99. The van der Waals surface area contributed by atoms with Crippen molar-refractivity contribution in [3.05, 3.63) is 47.9 Å². The van der Waals surface area contributed by atoms with Gasteiger partial charge in [0.15, 0.2) is 0 Å². The number of hydrogen-bond acceptors (Lipinski definition) is 2. The molecule has 2 nitrogen and oxygen atoms in total. The predicted molar refractivity (Wildman–Crippen MR) is 79.5 cm³/mol. The van der Waals surface area contributed by atoms with Crippen molar-refractivity contribution in [2.45, 2.75) is 41.5 Å². The molecule has 0 fully saturated rings. The summed E-state index contributed by atoms with van der Waals surface area (Å²) >= 11 is 0. The molecule has 0 aliphatic carbocycles. The topological polar surface area (TPSA) is 26.0 Å². The summed E-state index contributed by atoms with van der Waals surface area (Å²) in [4.78, 5) is 0. The minimum absolute atomic E-state index is 0.833. The number of nitrogens with zero attached hydrogens (tertiary/aromatic N) is 1. The van der Waals surface area contributed by atoms with E-state index in [1.54, 1.807) is 6.08 Å². The van der Waals surface area contributed by atoms with Crippen LogP contribution in [0.1, 0.15) is 44.7 Å². The highest BCUT2D eigenvalue weighted by atomic mass is 16.5. The molecule has 0 aliphatic rings. The Balaban J connectivity index is 0.000000631. The largest absolute Gasteiger partial charge is 0.361 e. The highest BCUT2D eigenvalue weighted by Crippen LogP contribution is 2.23. The average Bonchev–Trinajstić information content (AvgIpc) is 2.58. The molecule has 0 spiro atoms. The Morgan fingerprint density at radius 1 is 1.28 bits per heavy atom. The van der Waals surface area contributed by atoms with Gasteiger partial charge in [0.1, 0.15) is 5.76 Å². The number of aryl methyl sites for hydroxylation is 2. The molecule has 0 N–H and O–H groups in total. The van der Waals surface area contributed by atoms with E-state index in [9.17, 15) is 0 Å². The van der Waals surface area contributed by atoms with Crippen LogP contribution >= 0.6 is 0 Å². The van der Waals surface area contributed by atoms with E-state index in [1.165, 1.54) is 0 Å². The smallest absolute Gasteiger partial charge is 0.141 e. The second-order valence-corrected chi connectivity index (χ2v) is 4.79. The molecule has 0 radical (unpaired) electrons. The van der Waals surface area contributed by atoms with Crippen LogP contribution in [0.3, 0.4) is 0 Å². The first-order chi connectivity index (χ1) is 8.43. The molecule has 0 aromatic carbocycles.